The summed E-state index contributed by atoms with van der Waals surface area (Å²) < 4.78 is 38.6. The molecular weight excluding hydrogens is 233 g/mol. The van der Waals surface area contributed by atoms with Crippen LogP contribution in [0.5, 0.6) is 0 Å². The van der Waals surface area contributed by atoms with E-state index in [1.165, 1.54) is 13.0 Å². The zero-order valence-corrected chi connectivity index (χ0v) is 9.12. The molecule has 0 unspecified atom stereocenters. The molecule has 1 aromatic carbocycles. The summed E-state index contributed by atoms with van der Waals surface area (Å²) in [6.07, 6.45) is -3.14. The summed E-state index contributed by atoms with van der Waals surface area (Å²) in [5.41, 5.74) is 0.845. The summed E-state index contributed by atoms with van der Waals surface area (Å²) in [7, 11) is 0. The zero-order valence-electron chi connectivity index (χ0n) is 9.12. The minimum atomic E-state index is -4.93. The van der Waals surface area contributed by atoms with Crippen molar-refractivity contribution < 1.29 is 22.7 Å². The minimum absolute atomic E-state index is 0.0637. The van der Waals surface area contributed by atoms with Crippen LogP contribution in [0, 0.1) is 0 Å². The molecule has 0 aromatic heterocycles. The molecule has 17 heavy (non-hydrogen) atoms. The molecule has 0 heterocycles. The Bertz CT molecular complexity index is 408. The van der Waals surface area contributed by atoms with E-state index in [4.69, 9.17) is 0 Å². The molecule has 0 aliphatic carbocycles. The Labute approximate surface area is 96.7 Å². The maximum Gasteiger partial charge on any atom is 0.575 e. The first kappa shape index (κ1) is 13.3. The lowest BCUT2D eigenvalue weighted by Crippen LogP contribution is -2.19. The van der Waals surface area contributed by atoms with E-state index in [0.29, 0.717) is 6.42 Å². The Kier molecular flexibility index (Phi) is 4.31. The van der Waals surface area contributed by atoms with E-state index in [1.54, 1.807) is 0 Å². The molecule has 5 heteroatoms. The third-order valence-corrected chi connectivity index (χ3v) is 2.02. The van der Waals surface area contributed by atoms with Gasteiger partial charge >= 0.3 is 12.3 Å². The van der Waals surface area contributed by atoms with E-state index in [1.807, 2.05) is 30.3 Å². The first-order chi connectivity index (χ1) is 7.88. The van der Waals surface area contributed by atoms with Crippen LogP contribution in [-0.2, 0) is 16.0 Å². The highest BCUT2D eigenvalue weighted by Crippen LogP contribution is 2.18. The summed E-state index contributed by atoms with van der Waals surface area (Å²) in [6.45, 7) is 1.29. The smallest absolute Gasteiger partial charge is 0.369 e. The highest BCUT2D eigenvalue weighted by atomic mass is 19.4. The van der Waals surface area contributed by atoms with Gasteiger partial charge in [0.25, 0.3) is 0 Å². The highest BCUT2D eigenvalue weighted by molar-refractivity contribution is 5.87. The number of hydrogen-bond donors (Lipinski definition) is 0. The number of allylic oxidation sites excluding steroid dienone is 1. The van der Waals surface area contributed by atoms with E-state index >= 15 is 0 Å². The van der Waals surface area contributed by atoms with Gasteiger partial charge in [0.2, 0.25) is 0 Å². The molecule has 0 saturated carbocycles. The van der Waals surface area contributed by atoms with Crippen LogP contribution in [0.3, 0.4) is 0 Å². The molecule has 1 rings (SSSR count). The fourth-order valence-corrected chi connectivity index (χ4v) is 1.15. The lowest BCUT2D eigenvalue weighted by molar-refractivity contribution is -0.303. The molecule has 0 bridgehead atoms. The quantitative estimate of drug-likeness (QED) is 0.602. The molecule has 0 saturated heterocycles. The van der Waals surface area contributed by atoms with Gasteiger partial charge in [-0.2, -0.15) is 0 Å². The van der Waals surface area contributed by atoms with Crippen molar-refractivity contribution in [1.82, 2.24) is 0 Å². The van der Waals surface area contributed by atoms with Crippen LogP contribution in [0.25, 0.3) is 0 Å². The van der Waals surface area contributed by atoms with Crippen LogP contribution in [0.4, 0.5) is 13.2 Å². The zero-order chi connectivity index (χ0) is 12.9. The number of rotatable bonds is 3. The Balaban J connectivity index is 2.58. The Morgan fingerprint density at radius 1 is 1.29 bits per heavy atom. The third-order valence-electron chi connectivity index (χ3n) is 2.02. The molecular formula is C12H11F3O2. The second-order valence-electron chi connectivity index (χ2n) is 3.41. The molecule has 0 fully saturated rings. The number of halogens is 3. The summed E-state index contributed by atoms with van der Waals surface area (Å²) in [6, 6.07) is 9.09. The molecule has 1 aromatic rings. The number of benzene rings is 1. The van der Waals surface area contributed by atoms with E-state index in [-0.39, 0.29) is 5.57 Å². The fourth-order valence-electron chi connectivity index (χ4n) is 1.15. The molecule has 0 amide bonds. The minimum Gasteiger partial charge on any atom is -0.369 e. The van der Waals surface area contributed by atoms with Crippen molar-refractivity contribution >= 4 is 5.97 Å². The summed E-state index contributed by atoms with van der Waals surface area (Å²) in [4.78, 5) is 11.0. The number of alkyl halides is 3. The van der Waals surface area contributed by atoms with Gasteiger partial charge in [0, 0.05) is 5.57 Å². The average molecular weight is 244 g/mol. The number of carbonyl (C=O) groups excluding carboxylic acids is 1. The molecule has 92 valence electrons. The Morgan fingerprint density at radius 3 is 2.41 bits per heavy atom. The van der Waals surface area contributed by atoms with E-state index in [9.17, 15) is 18.0 Å². The molecule has 0 atom stereocenters. The van der Waals surface area contributed by atoms with Crippen molar-refractivity contribution in [2.45, 2.75) is 19.7 Å². The van der Waals surface area contributed by atoms with Gasteiger partial charge in [-0.25, -0.2) is 4.79 Å². The molecule has 0 radical (unpaired) electrons. The second-order valence-corrected chi connectivity index (χ2v) is 3.41. The molecule has 0 aliphatic heterocycles. The van der Waals surface area contributed by atoms with Crippen LogP contribution in [0.15, 0.2) is 42.0 Å². The molecule has 0 spiro atoms. The first-order valence-corrected chi connectivity index (χ1v) is 4.89. The molecule has 2 nitrogen and oxygen atoms in total. The van der Waals surface area contributed by atoms with Crippen LogP contribution in [0.1, 0.15) is 12.5 Å². The Morgan fingerprint density at radius 2 is 1.88 bits per heavy atom. The monoisotopic (exact) mass is 244 g/mol. The average Bonchev–Trinajstić information content (AvgIpc) is 2.25. The maximum atomic E-state index is 11.8. The van der Waals surface area contributed by atoms with Crippen molar-refractivity contribution in [1.29, 1.82) is 0 Å². The topological polar surface area (TPSA) is 26.3 Å². The molecule has 0 N–H and O–H groups in total. The number of esters is 1. The van der Waals surface area contributed by atoms with E-state index in [0.717, 1.165) is 5.56 Å². The van der Waals surface area contributed by atoms with Gasteiger partial charge in [-0.1, -0.05) is 36.4 Å². The van der Waals surface area contributed by atoms with Crippen molar-refractivity contribution in [2.75, 3.05) is 0 Å². The SMILES string of the molecule is CC(=CCc1ccccc1)C(=O)OC(F)(F)F. The number of ether oxygens (including phenoxy) is 1. The lowest BCUT2D eigenvalue weighted by Gasteiger charge is -2.07. The predicted molar refractivity (Wildman–Crippen MR) is 56.1 cm³/mol. The van der Waals surface area contributed by atoms with Gasteiger partial charge < -0.3 is 4.74 Å². The summed E-state index contributed by atoms with van der Waals surface area (Å²) >= 11 is 0. The second kappa shape index (κ2) is 5.52. The van der Waals surface area contributed by atoms with E-state index < -0.39 is 12.3 Å². The third kappa shape index (κ3) is 5.19. The van der Waals surface area contributed by atoms with Gasteiger partial charge in [0.05, 0.1) is 0 Å². The number of hydrogen-bond acceptors (Lipinski definition) is 2. The fraction of sp³-hybridized carbons (Fsp3) is 0.250. The molecule has 0 aliphatic rings. The predicted octanol–water partition coefficient (Wildman–Crippen LogP) is 3.24. The standard InChI is InChI=1S/C12H11F3O2/c1-9(11(16)17-12(13,14)15)7-8-10-5-3-2-4-6-10/h2-7H,8H2,1H3. The Hall–Kier alpha value is -1.78. The van der Waals surface area contributed by atoms with Gasteiger partial charge in [-0.3, -0.25) is 0 Å². The van der Waals surface area contributed by atoms with Gasteiger partial charge in [-0.15, -0.1) is 13.2 Å². The van der Waals surface area contributed by atoms with Crippen LogP contribution >= 0.6 is 0 Å². The first-order valence-electron chi connectivity index (χ1n) is 4.89. The highest BCUT2D eigenvalue weighted by Gasteiger charge is 2.34. The van der Waals surface area contributed by atoms with Crippen molar-refractivity contribution in [3.05, 3.63) is 47.5 Å². The maximum absolute atomic E-state index is 11.8. The summed E-state index contributed by atoms with van der Waals surface area (Å²) in [5, 5.41) is 0. The van der Waals surface area contributed by atoms with Crippen molar-refractivity contribution in [3.63, 3.8) is 0 Å². The van der Waals surface area contributed by atoms with Gasteiger partial charge in [0.1, 0.15) is 0 Å². The normalized spacial score (nSPS) is 12.4. The van der Waals surface area contributed by atoms with Crippen LogP contribution in [-0.4, -0.2) is 12.3 Å². The van der Waals surface area contributed by atoms with Crippen molar-refractivity contribution in [3.8, 4) is 0 Å². The number of carbonyl (C=O) groups is 1. The van der Waals surface area contributed by atoms with Crippen LogP contribution in [0.2, 0.25) is 0 Å². The lowest BCUT2D eigenvalue weighted by atomic mass is 10.1. The van der Waals surface area contributed by atoms with Crippen LogP contribution < -0.4 is 0 Å². The van der Waals surface area contributed by atoms with Gasteiger partial charge in [-0.05, 0) is 18.9 Å². The largest absolute Gasteiger partial charge is 0.575 e. The van der Waals surface area contributed by atoms with Crippen molar-refractivity contribution in [2.24, 2.45) is 0 Å². The summed E-state index contributed by atoms with van der Waals surface area (Å²) in [5.74, 6) is -1.37. The van der Waals surface area contributed by atoms with E-state index in [2.05, 4.69) is 4.74 Å². The van der Waals surface area contributed by atoms with Gasteiger partial charge in [0.15, 0.2) is 0 Å².